The molecule has 0 aliphatic heterocycles. The molecule has 2 aromatic heterocycles. The Bertz CT molecular complexity index is 999. The van der Waals surface area contributed by atoms with E-state index in [4.69, 9.17) is 5.11 Å². The fourth-order valence-corrected chi connectivity index (χ4v) is 3.01. The van der Waals surface area contributed by atoms with Crippen LogP contribution in [-0.4, -0.2) is 44.3 Å². The molecule has 3 rings (SSSR count). The lowest BCUT2D eigenvalue weighted by Crippen LogP contribution is -2.42. The Morgan fingerprint density at radius 2 is 2.04 bits per heavy atom. The van der Waals surface area contributed by atoms with Crippen LogP contribution in [0.25, 0.3) is 16.6 Å². The van der Waals surface area contributed by atoms with Crippen LogP contribution in [0.15, 0.2) is 24.3 Å². The van der Waals surface area contributed by atoms with Crippen LogP contribution in [0.1, 0.15) is 23.4 Å². The van der Waals surface area contributed by atoms with Crippen molar-refractivity contribution in [1.29, 1.82) is 0 Å². The first kappa shape index (κ1) is 17.8. The van der Waals surface area contributed by atoms with Crippen LogP contribution >= 0.6 is 0 Å². The highest BCUT2D eigenvalue weighted by Gasteiger charge is 2.20. The molecule has 1 aromatic carbocycles. The summed E-state index contributed by atoms with van der Waals surface area (Å²) in [7, 11) is 0. The van der Waals surface area contributed by atoms with Gasteiger partial charge in [-0.25, -0.2) is 18.7 Å². The molecule has 136 valence electrons. The lowest BCUT2D eigenvalue weighted by atomic mass is 10.1. The van der Waals surface area contributed by atoms with Gasteiger partial charge in [0.25, 0.3) is 0 Å². The first-order valence-electron chi connectivity index (χ1n) is 8.24. The lowest BCUT2D eigenvalue weighted by Gasteiger charge is -2.13. The van der Waals surface area contributed by atoms with Crippen molar-refractivity contribution in [1.82, 2.24) is 19.9 Å². The molecule has 1 atom stereocenters. The summed E-state index contributed by atoms with van der Waals surface area (Å²) in [6.07, 6.45) is 0.403. The van der Waals surface area contributed by atoms with E-state index in [1.54, 1.807) is 4.52 Å². The summed E-state index contributed by atoms with van der Waals surface area (Å²) >= 11 is 0. The Hall–Kier alpha value is -3.03. The highest BCUT2D eigenvalue weighted by molar-refractivity contribution is 5.92. The standard InChI is InChI=1S/C18H19FN4O3/c1-10-12(7-8-16(24)21-15(9-19)18(25)26)11(2)23-17(20-10)13-5-3-4-6-14(13)22-23/h3-6,15H,7-9H2,1-2H3,(H,21,24)(H,25,26). The fourth-order valence-electron chi connectivity index (χ4n) is 3.01. The average molecular weight is 358 g/mol. The van der Waals surface area contributed by atoms with E-state index < -0.39 is 24.6 Å². The number of carbonyl (C=O) groups is 2. The number of hydrogen-bond donors (Lipinski definition) is 2. The van der Waals surface area contributed by atoms with Crippen molar-refractivity contribution in [3.05, 3.63) is 41.2 Å². The molecule has 2 N–H and O–H groups in total. The molecule has 8 heteroatoms. The van der Waals surface area contributed by atoms with Gasteiger partial charge in [-0.15, -0.1) is 0 Å². The van der Waals surface area contributed by atoms with Crippen LogP contribution in [0.5, 0.6) is 0 Å². The molecule has 1 amide bonds. The predicted octanol–water partition coefficient (Wildman–Crippen LogP) is 1.97. The van der Waals surface area contributed by atoms with E-state index in [2.05, 4.69) is 15.4 Å². The highest BCUT2D eigenvalue weighted by Crippen LogP contribution is 2.22. The van der Waals surface area contributed by atoms with Gasteiger partial charge in [0.05, 0.1) is 5.52 Å². The maximum atomic E-state index is 12.6. The zero-order valence-corrected chi connectivity index (χ0v) is 14.5. The second-order valence-corrected chi connectivity index (χ2v) is 6.13. The quantitative estimate of drug-likeness (QED) is 0.702. The molecule has 0 saturated carbocycles. The summed E-state index contributed by atoms with van der Waals surface area (Å²) in [5.74, 6) is -1.90. The Kier molecular flexibility index (Phi) is 4.83. The minimum Gasteiger partial charge on any atom is -0.480 e. The number of nitrogens with zero attached hydrogens (tertiary/aromatic N) is 3. The van der Waals surface area contributed by atoms with Crippen LogP contribution in [0.2, 0.25) is 0 Å². The minimum atomic E-state index is -1.51. The van der Waals surface area contributed by atoms with Crippen molar-refractivity contribution in [3.8, 4) is 0 Å². The Morgan fingerprint density at radius 1 is 1.31 bits per heavy atom. The average Bonchev–Trinajstić information content (AvgIpc) is 2.98. The first-order valence-corrected chi connectivity index (χ1v) is 8.24. The number of carboxylic acid groups (broad SMARTS) is 1. The Morgan fingerprint density at radius 3 is 2.73 bits per heavy atom. The molecule has 0 spiro atoms. The van der Waals surface area contributed by atoms with Gasteiger partial charge in [-0.1, -0.05) is 12.1 Å². The molecule has 7 nitrogen and oxygen atoms in total. The number of benzene rings is 1. The highest BCUT2D eigenvalue weighted by atomic mass is 19.1. The van der Waals surface area contributed by atoms with Gasteiger partial charge in [0.2, 0.25) is 5.91 Å². The molecule has 26 heavy (non-hydrogen) atoms. The van der Waals surface area contributed by atoms with Gasteiger partial charge < -0.3 is 10.4 Å². The number of amides is 1. The maximum Gasteiger partial charge on any atom is 0.328 e. The Labute approximate surface area is 148 Å². The molecule has 0 aliphatic carbocycles. The number of carboxylic acids is 1. The maximum absolute atomic E-state index is 12.6. The molecule has 3 aromatic rings. The van der Waals surface area contributed by atoms with Crippen molar-refractivity contribution in [2.75, 3.05) is 6.67 Å². The van der Waals surface area contributed by atoms with E-state index in [0.717, 1.165) is 33.5 Å². The van der Waals surface area contributed by atoms with Gasteiger partial charge in [-0.3, -0.25) is 4.79 Å². The number of hydrogen-bond acceptors (Lipinski definition) is 4. The summed E-state index contributed by atoms with van der Waals surface area (Å²) in [6, 6.07) is 6.19. The topological polar surface area (TPSA) is 96.6 Å². The summed E-state index contributed by atoms with van der Waals surface area (Å²) in [5, 5.41) is 16.5. The number of aliphatic carboxylic acids is 1. The van der Waals surface area contributed by atoms with Crippen molar-refractivity contribution >= 4 is 28.4 Å². The van der Waals surface area contributed by atoms with Gasteiger partial charge in [0.1, 0.15) is 6.67 Å². The molecule has 0 bridgehead atoms. The molecule has 0 aliphatic rings. The van der Waals surface area contributed by atoms with Gasteiger partial charge in [0, 0.05) is 23.2 Å². The van der Waals surface area contributed by atoms with E-state index in [-0.39, 0.29) is 6.42 Å². The number of halogens is 1. The van der Waals surface area contributed by atoms with Crippen LogP contribution in [0, 0.1) is 13.8 Å². The fraction of sp³-hybridized carbons (Fsp3) is 0.333. The summed E-state index contributed by atoms with van der Waals surface area (Å²) in [5.41, 5.74) is 4.12. The molecule has 2 heterocycles. The molecule has 0 radical (unpaired) electrons. The lowest BCUT2D eigenvalue weighted by molar-refractivity contribution is -0.142. The third kappa shape index (κ3) is 3.22. The number of fused-ring (bicyclic) bond motifs is 3. The molecular weight excluding hydrogens is 339 g/mol. The minimum absolute atomic E-state index is 0.0411. The summed E-state index contributed by atoms with van der Waals surface area (Å²) in [6.45, 7) is 2.62. The number of carbonyl (C=O) groups excluding carboxylic acids is 1. The molecule has 0 fully saturated rings. The van der Waals surface area contributed by atoms with Gasteiger partial charge in [-0.05, 0) is 38.0 Å². The van der Waals surface area contributed by atoms with E-state index in [1.165, 1.54) is 0 Å². The van der Waals surface area contributed by atoms with E-state index >= 15 is 0 Å². The van der Waals surface area contributed by atoms with Gasteiger partial charge >= 0.3 is 5.97 Å². The van der Waals surface area contributed by atoms with Gasteiger partial charge in [0.15, 0.2) is 11.7 Å². The third-order valence-electron chi connectivity index (χ3n) is 4.41. The zero-order chi connectivity index (χ0) is 18.8. The second kappa shape index (κ2) is 7.07. The number of aromatic nitrogens is 3. The number of alkyl halides is 1. The van der Waals surface area contributed by atoms with Crippen molar-refractivity contribution in [2.24, 2.45) is 0 Å². The first-order chi connectivity index (χ1) is 12.4. The SMILES string of the molecule is Cc1nc2c3ccccc3nn2c(C)c1CCC(=O)NC(CF)C(=O)O. The summed E-state index contributed by atoms with van der Waals surface area (Å²) in [4.78, 5) is 27.4. The normalized spacial score (nSPS) is 12.4. The monoisotopic (exact) mass is 358 g/mol. The zero-order valence-electron chi connectivity index (χ0n) is 14.5. The van der Waals surface area contributed by atoms with Crippen molar-refractivity contribution in [2.45, 2.75) is 32.7 Å². The summed E-state index contributed by atoms with van der Waals surface area (Å²) < 4.78 is 14.4. The smallest absolute Gasteiger partial charge is 0.328 e. The van der Waals surface area contributed by atoms with Crippen LogP contribution in [0.3, 0.4) is 0 Å². The molecule has 1 unspecified atom stereocenters. The molecular formula is C18H19FN4O3. The van der Waals surface area contributed by atoms with E-state index in [1.807, 2.05) is 38.1 Å². The van der Waals surface area contributed by atoms with Crippen molar-refractivity contribution in [3.63, 3.8) is 0 Å². The number of rotatable bonds is 6. The molecule has 0 saturated heterocycles. The third-order valence-corrected chi connectivity index (χ3v) is 4.41. The van der Waals surface area contributed by atoms with E-state index in [9.17, 15) is 14.0 Å². The number of nitrogens with one attached hydrogen (secondary N) is 1. The van der Waals surface area contributed by atoms with Crippen LogP contribution in [-0.2, 0) is 16.0 Å². The van der Waals surface area contributed by atoms with Crippen LogP contribution < -0.4 is 5.32 Å². The van der Waals surface area contributed by atoms with Gasteiger partial charge in [-0.2, -0.15) is 5.10 Å². The Balaban J connectivity index is 1.85. The van der Waals surface area contributed by atoms with Crippen molar-refractivity contribution < 1.29 is 19.1 Å². The second-order valence-electron chi connectivity index (χ2n) is 6.13. The van der Waals surface area contributed by atoms with E-state index in [0.29, 0.717) is 6.42 Å². The largest absolute Gasteiger partial charge is 0.480 e. The van der Waals surface area contributed by atoms with Crippen LogP contribution in [0.4, 0.5) is 4.39 Å². The predicted molar refractivity (Wildman–Crippen MR) is 93.8 cm³/mol. The number of aryl methyl sites for hydroxylation is 2.